The average molecular weight is 365 g/mol. The zero-order valence-corrected chi connectivity index (χ0v) is 15.5. The third kappa shape index (κ3) is 3.45. The first-order valence-electron chi connectivity index (χ1n) is 9.28. The number of hydrogen-bond acceptors (Lipinski definition) is 5. The van der Waals surface area contributed by atoms with Crippen LogP contribution in [0.5, 0.6) is 0 Å². The van der Waals surface area contributed by atoms with Crippen molar-refractivity contribution in [1.29, 1.82) is 0 Å². The van der Waals surface area contributed by atoms with E-state index in [-0.39, 0.29) is 17.7 Å². The maximum atomic E-state index is 12.8. The van der Waals surface area contributed by atoms with Crippen molar-refractivity contribution >= 4 is 16.8 Å². The summed E-state index contributed by atoms with van der Waals surface area (Å²) in [6.45, 7) is 4.72. The summed E-state index contributed by atoms with van der Waals surface area (Å²) in [5.74, 6) is 0.447. The molecule has 6 nitrogen and oxygen atoms in total. The molecule has 1 amide bonds. The van der Waals surface area contributed by atoms with Gasteiger partial charge in [-0.1, -0.05) is 38.1 Å². The minimum Gasteiger partial charge on any atom is -0.447 e. The van der Waals surface area contributed by atoms with Gasteiger partial charge in [-0.15, -0.1) is 0 Å². The van der Waals surface area contributed by atoms with Gasteiger partial charge in [0.2, 0.25) is 0 Å². The Labute approximate surface area is 157 Å². The lowest BCUT2D eigenvalue weighted by molar-refractivity contribution is 0.0756. The number of oxazole rings is 1. The molecule has 0 radical (unpaired) electrons. The van der Waals surface area contributed by atoms with Gasteiger partial charge in [0, 0.05) is 36.0 Å². The van der Waals surface area contributed by atoms with Gasteiger partial charge in [-0.25, -0.2) is 4.98 Å². The van der Waals surface area contributed by atoms with Crippen LogP contribution in [0.3, 0.4) is 0 Å². The topological polar surface area (TPSA) is 79.5 Å². The highest BCUT2D eigenvalue weighted by Gasteiger charge is 2.36. The molecule has 27 heavy (non-hydrogen) atoms. The van der Waals surface area contributed by atoms with Crippen LogP contribution in [0.1, 0.15) is 41.7 Å². The predicted molar refractivity (Wildman–Crippen MR) is 101 cm³/mol. The fourth-order valence-electron chi connectivity index (χ4n) is 3.69. The fourth-order valence-corrected chi connectivity index (χ4v) is 3.69. The van der Waals surface area contributed by atoms with E-state index in [1.54, 1.807) is 4.90 Å². The number of nitrogens with zero attached hydrogens (tertiary/aromatic N) is 3. The van der Waals surface area contributed by atoms with E-state index >= 15 is 0 Å². The summed E-state index contributed by atoms with van der Waals surface area (Å²) in [5.41, 5.74) is 2.22. The Hall–Kier alpha value is -2.73. The molecule has 2 atom stereocenters. The van der Waals surface area contributed by atoms with Gasteiger partial charge in [-0.3, -0.25) is 9.78 Å². The Bertz CT molecular complexity index is 966. The van der Waals surface area contributed by atoms with Crippen molar-refractivity contribution in [2.45, 2.75) is 32.3 Å². The highest BCUT2D eigenvalue weighted by Crippen LogP contribution is 2.26. The monoisotopic (exact) mass is 365 g/mol. The minimum absolute atomic E-state index is 0.0444. The van der Waals surface area contributed by atoms with Crippen LogP contribution in [-0.2, 0) is 6.42 Å². The van der Waals surface area contributed by atoms with Crippen LogP contribution < -0.4 is 0 Å². The largest absolute Gasteiger partial charge is 0.447 e. The molecule has 1 aliphatic heterocycles. The number of carbonyl (C=O) groups excluding carboxylic acids is 1. The number of aromatic nitrogens is 2. The number of fused-ring (bicyclic) bond motifs is 1. The molecule has 3 aromatic rings. The van der Waals surface area contributed by atoms with Gasteiger partial charge in [0.1, 0.15) is 5.76 Å². The quantitative estimate of drug-likeness (QED) is 0.769. The van der Waals surface area contributed by atoms with Gasteiger partial charge in [0.15, 0.2) is 12.1 Å². The summed E-state index contributed by atoms with van der Waals surface area (Å²) in [5, 5.41) is 11.6. The Morgan fingerprint density at radius 1 is 1.26 bits per heavy atom. The fraction of sp³-hybridized carbons (Fsp3) is 0.381. The smallest absolute Gasteiger partial charge is 0.276 e. The summed E-state index contributed by atoms with van der Waals surface area (Å²) >= 11 is 0. The molecule has 4 rings (SSSR count). The van der Waals surface area contributed by atoms with E-state index in [1.165, 1.54) is 6.39 Å². The first-order valence-corrected chi connectivity index (χ1v) is 9.28. The van der Waals surface area contributed by atoms with Crippen molar-refractivity contribution in [3.63, 3.8) is 0 Å². The summed E-state index contributed by atoms with van der Waals surface area (Å²) in [7, 11) is 0. The third-order valence-electron chi connectivity index (χ3n) is 5.14. The molecular formula is C21H23N3O3. The Morgan fingerprint density at radius 2 is 2.07 bits per heavy atom. The number of pyridine rings is 1. The van der Waals surface area contributed by atoms with E-state index < -0.39 is 6.10 Å². The number of benzene rings is 1. The first kappa shape index (κ1) is 17.7. The second kappa shape index (κ2) is 7.12. The Morgan fingerprint density at radius 3 is 2.89 bits per heavy atom. The van der Waals surface area contributed by atoms with Gasteiger partial charge < -0.3 is 14.4 Å². The maximum Gasteiger partial charge on any atom is 0.276 e. The van der Waals surface area contributed by atoms with Crippen molar-refractivity contribution in [3.05, 3.63) is 59.9 Å². The lowest BCUT2D eigenvalue weighted by atomic mass is 9.99. The van der Waals surface area contributed by atoms with E-state index in [2.05, 4.69) is 9.97 Å². The second-order valence-corrected chi connectivity index (χ2v) is 7.46. The van der Waals surface area contributed by atoms with E-state index in [4.69, 9.17) is 4.42 Å². The predicted octanol–water partition coefficient (Wildman–Crippen LogP) is 3.02. The SMILES string of the molecule is CC(C)c1ocnc1C(=O)N1C[C@@H](Cc2ccc3ccccc3n2)[C@H](O)C1. The normalized spacial score (nSPS) is 19.9. The molecule has 1 aliphatic rings. The van der Waals surface area contributed by atoms with Crippen molar-refractivity contribution in [1.82, 2.24) is 14.9 Å². The van der Waals surface area contributed by atoms with Crippen LogP contribution in [0, 0.1) is 5.92 Å². The number of carbonyl (C=O) groups is 1. The Kier molecular flexibility index (Phi) is 4.66. The summed E-state index contributed by atoms with van der Waals surface area (Å²) in [4.78, 5) is 23.3. The highest BCUT2D eigenvalue weighted by molar-refractivity contribution is 5.93. The molecule has 1 aromatic carbocycles. The zero-order chi connectivity index (χ0) is 19.0. The summed E-state index contributed by atoms with van der Waals surface area (Å²) in [6, 6.07) is 12.0. The van der Waals surface area contributed by atoms with Crippen molar-refractivity contribution in [2.24, 2.45) is 5.92 Å². The van der Waals surface area contributed by atoms with Crippen LogP contribution in [0.4, 0.5) is 0 Å². The number of aliphatic hydroxyl groups excluding tert-OH is 1. The molecule has 2 aromatic heterocycles. The van der Waals surface area contributed by atoms with Gasteiger partial charge in [-0.2, -0.15) is 0 Å². The number of hydrogen-bond donors (Lipinski definition) is 1. The molecule has 140 valence electrons. The minimum atomic E-state index is -0.573. The van der Waals surface area contributed by atoms with Crippen LogP contribution >= 0.6 is 0 Å². The van der Waals surface area contributed by atoms with E-state index in [1.807, 2.05) is 50.2 Å². The molecule has 1 fully saturated rings. The zero-order valence-electron chi connectivity index (χ0n) is 15.5. The number of β-amino-alcohol motifs (C(OH)–C–C–N with tert-alkyl or cyclic N) is 1. The van der Waals surface area contributed by atoms with Crippen molar-refractivity contribution in [3.8, 4) is 0 Å². The van der Waals surface area contributed by atoms with E-state index in [0.29, 0.717) is 31.0 Å². The third-order valence-corrected chi connectivity index (χ3v) is 5.14. The average Bonchev–Trinajstić information content (AvgIpc) is 3.29. The second-order valence-electron chi connectivity index (χ2n) is 7.46. The lowest BCUT2D eigenvalue weighted by Gasteiger charge is -2.16. The maximum absolute atomic E-state index is 12.8. The van der Waals surface area contributed by atoms with Gasteiger partial charge in [-0.05, 0) is 18.6 Å². The van der Waals surface area contributed by atoms with Crippen LogP contribution in [0.2, 0.25) is 0 Å². The Balaban J connectivity index is 1.49. The molecule has 0 unspecified atom stereocenters. The van der Waals surface area contributed by atoms with Crippen molar-refractivity contribution < 1.29 is 14.3 Å². The van der Waals surface area contributed by atoms with Gasteiger partial charge in [0.25, 0.3) is 5.91 Å². The summed E-state index contributed by atoms with van der Waals surface area (Å²) in [6.07, 6.45) is 1.37. The first-order chi connectivity index (χ1) is 13.0. The lowest BCUT2D eigenvalue weighted by Crippen LogP contribution is -2.30. The molecule has 3 heterocycles. The standard InChI is InChI=1S/C21H23N3O3/c1-13(2)20-19(22-12-27-20)21(26)24-10-15(18(25)11-24)9-16-8-7-14-5-3-4-6-17(14)23-16/h3-8,12-13,15,18,25H,9-11H2,1-2H3/t15-,18-/m1/s1. The molecular weight excluding hydrogens is 342 g/mol. The van der Waals surface area contributed by atoms with Crippen LogP contribution in [0.15, 0.2) is 47.2 Å². The van der Waals surface area contributed by atoms with E-state index in [9.17, 15) is 9.90 Å². The molecule has 0 spiro atoms. The highest BCUT2D eigenvalue weighted by atomic mass is 16.3. The number of rotatable bonds is 4. The number of likely N-dealkylation sites (tertiary alicyclic amines) is 1. The molecule has 0 aliphatic carbocycles. The molecule has 6 heteroatoms. The van der Waals surface area contributed by atoms with E-state index in [0.717, 1.165) is 16.6 Å². The van der Waals surface area contributed by atoms with Crippen molar-refractivity contribution in [2.75, 3.05) is 13.1 Å². The molecule has 1 saturated heterocycles. The number of amides is 1. The van der Waals surface area contributed by atoms with Crippen LogP contribution in [0.25, 0.3) is 10.9 Å². The van der Waals surface area contributed by atoms with Gasteiger partial charge >= 0.3 is 0 Å². The molecule has 0 saturated carbocycles. The van der Waals surface area contributed by atoms with Crippen LogP contribution in [-0.4, -0.2) is 45.1 Å². The number of para-hydroxylation sites is 1. The molecule has 1 N–H and O–H groups in total. The number of aliphatic hydroxyl groups is 1. The molecule has 0 bridgehead atoms. The van der Waals surface area contributed by atoms with Gasteiger partial charge in [0.05, 0.1) is 11.6 Å². The summed E-state index contributed by atoms with van der Waals surface area (Å²) < 4.78 is 5.37.